The number of para-hydroxylation sites is 1. The maximum atomic E-state index is 11.9. The summed E-state index contributed by atoms with van der Waals surface area (Å²) in [4.78, 5) is 12.9. The van der Waals surface area contributed by atoms with Crippen LogP contribution in [-0.4, -0.2) is 24.2 Å². The van der Waals surface area contributed by atoms with Crippen molar-refractivity contribution in [3.63, 3.8) is 0 Å². The lowest BCUT2D eigenvalue weighted by atomic mass is 9.88. The van der Waals surface area contributed by atoms with Gasteiger partial charge in [-0.25, -0.2) is 0 Å². The van der Waals surface area contributed by atoms with Gasteiger partial charge in [-0.2, -0.15) is 0 Å². The Kier molecular flexibility index (Phi) is 4.27. The molecule has 114 valence electrons. The summed E-state index contributed by atoms with van der Waals surface area (Å²) in [5.74, 6) is 0.463. The molecule has 4 nitrogen and oxygen atoms in total. The van der Waals surface area contributed by atoms with Crippen LogP contribution in [0.3, 0.4) is 0 Å². The van der Waals surface area contributed by atoms with E-state index in [4.69, 9.17) is 4.74 Å². The minimum atomic E-state index is -1.08. The minimum absolute atomic E-state index is 0.168. The fourth-order valence-electron chi connectivity index (χ4n) is 2.46. The van der Waals surface area contributed by atoms with E-state index in [0.29, 0.717) is 18.8 Å². The molecule has 5 heteroatoms. The summed E-state index contributed by atoms with van der Waals surface area (Å²) in [6, 6.07) is 11.3. The first-order valence-electron chi connectivity index (χ1n) is 7.11. The number of fused-ring (bicyclic) bond motifs is 1. The lowest BCUT2D eigenvalue weighted by molar-refractivity contribution is -0.118. The highest BCUT2D eigenvalue weighted by Gasteiger charge is 2.35. The van der Waals surface area contributed by atoms with Crippen LogP contribution in [0.1, 0.15) is 16.9 Å². The zero-order valence-corrected chi connectivity index (χ0v) is 12.8. The number of hydrogen-bond donors (Lipinski definition) is 2. The summed E-state index contributed by atoms with van der Waals surface area (Å²) in [6.45, 7) is 0.607. The number of benzene rings is 1. The van der Waals surface area contributed by atoms with Crippen molar-refractivity contribution in [2.24, 2.45) is 0 Å². The van der Waals surface area contributed by atoms with Crippen LogP contribution in [0.25, 0.3) is 6.08 Å². The fourth-order valence-corrected chi connectivity index (χ4v) is 3.08. The smallest absolute Gasteiger partial charge is 0.244 e. The third kappa shape index (κ3) is 3.21. The first-order valence-corrected chi connectivity index (χ1v) is 7.99. The molecular formula is C17H17NO3S. The second-order valence-corrected chi connectivity index (χ2v) is 6.17. The third-order valence-corrected chi connectivity index (χ3v) is 4.50. The van der Waals surface area contributed by atoms with Gasteiger partial charge in [0.25, 0.3) is 0 Å². The molecule has 0 fully saturated rings. The van der Waals surface area contributed by atoms with Crippen molar-refractivity contribution in [2.75, 3.05) is 13.2 Å². The number of thiophene rings is 1. The first-order chi connectivity index (χ1) is 10.7. The van der Waals surface area contributed by atoms with Crippen molar-refractivity contribution in [3.8, 4) is 5.75 Å². The van der Waals surface area contributed by atoms with Gasteiger partial charge in [-0.3, -0.25) is 4.79 Å². The molecular weight excluding hydrogens is 298 g/mol. The zero-order valence-electron chi connectivity index (χ0n) is 12.0. The quantitative estimate of drug-likeness (QED) is 0.853. The summed E-state index contributed by atoms with van der Waals surface area (Å²) in [7, 11) is 0. The second-order valence-electron chi connectivity index (χ2n) is 5.19. The molecule has 3 rings (SSSR count). The molecule has 0 aliphatic carbocycles. The number of ether oxygens (including phenoxy) is 1. The van der Waals surface area contributed by atoms with E-state index < -0.39 is 5.60 Å². The highest BCUT2D eigenvalue weighted by Crippen LogP contribution is 2.36. The Morgan fingerprint density at radius 1 is 1.36 bits per heavy atom. The number of hydrogen-bond acceptors (Lipinski definition) is 4. The molecule has 1 aliphatic heterocycles. The molecule has 2 aromatic rings. The predicted molar refractivity (Wildman–Crippen MR) is 86.8 cm³/mol. The summed E-state index contributed by atoms with van der Waals surface area (Å²) in [6.07, 6.45) is 3.71. The molecule has 0 saturated heterocycles. The van der Waals surface area contributed by atoms with Gasteiger partial charge in [0.1, 0.15) is 11.4 Å². The molecule has 0 spiro atoms. The topological polar surface area (TPSA) is 58.6 Å². The van der Waals surface area contributed by atoms with Crippen molar-refractivity contribution >= 4 is 23.3 Å². The average molecular weight is 315 g/mol. The summed E-state index contributed by atoms with van der Waals surface area (Å²) < 4.78 is 5.54. The largest absolute Gasteiger partial charge is 0.493 e. The number of nitrogens with one attached hydrogen (secondary N) is 1. The Hall–Kier alpha value is -2.11. The van der Waals surface area contributed by atoms with Gasteiger partial charge in [-0.1, -0.05) is 24.3 Å². The molecule has 0 bridgehead atoms. The molecule has 22 heavy (non-hydrogen) atoms. The van der Waals surface area contributed by atoms with E-state index in [1.54, 1.807) is 17.4 Å². The predicted octanol–water partition coefficient (Wildman–Crippen LogP) is 2.55. The average Bonchev–Trinajstić information content (AvgIpc) is 3.05. The highest BCUT2D eigenvalue weighted by molar-refractivity contribution is 7.10. The van der Waals surface area contributed by atoms with E-state index in [1.165, 1.54) is 6.08 Å². The first kappa shape index (κ1) is 14.8. The molecule has 0 unspecified atom stereocenters. The molecule has 1 atom stereocenters. The maximum absolute atomic E-state index is 11.9. The van der Waals surface area contributed by atoms with Crippen LogP contribution >= 0.6 is 11.3 Å². The van der Waals surface area contributed by atoms with Crippen molar-refractivity contribution in [2.45, 2.75) is 12.0 Å². The van der Waals surface area contributed by atoms with Crippen LogP contribution in [0.5, 0.6) is 5.75 Å². The van der Waals surface area contributed by atoms with Gasteiger partial charge in [0.05, 0.1) is 13.2 Å². The van der Waals surface area contributed by atoms with Gasteiger partial charge in [0, 0.05) is 22.9 Å². The lowest BCUT2D eigenvalue weighted by Gasteiger charge is -2.34. The standard InChI is InChI=1S/C17H17NO3S/c19-16(8-7-13-4-3-11-22-13)18-12-17(20)9-10-21-15-6-2-1-5-14(15)17/h1-8,11,20H,9-10,12H2,(H,18,19)/b8-7+/t17-/m1/s1. The molecule has 0 saturated carbocycles. The van der Waals surface area contributed by atoms with E-state index in [-0.39, 0.29) is 12.5 Å². The number of carbonyl (C=O) groups is 1. The van der Waals surface area contributed by atoms with Crippen LogP contribution in [0.2, 0.25) is 0 Å². The third-order valence-electron chi connectivity index (χ3n) is 3.66. The van der Waals surface area contributed by atoms with Crippen molar-refractivity contribution < 1.29 is 14.6 Å². The molecule has 1 aromatic heterocycles. The van der Waals surface area contributed by atoms with Crippen LogP contribution in [0, 0.1) is 0 Å². The Morgan fingerprint density at radius 3 is 3.05 bits per heavy atom. The fraction of sp³-hybridized carbons (Fsp3) is 0.235. The van der Waals surface area contributed by atoms with Crippen molar-refractivity contribution in [3.05, 3.63) is 58.3 Å². The molecule has 2 heterocycles. The molecule has 2 N–H and O–H groups in total. The molecule has 1 aliphatic rings. The van der Waals surface area contributed by atoms with Crippen LogP contribution in [0.15, 0.2) is 47.9 Å². The van der Waals surface area contributed by atoms with E-state index in [0.717, 1.165) is 10.4 Å². The Balaban J connectivity index is 1.65. The van der Waals surface area contributed by atoms with E-state index >= 15 is 0 Å². The second kappa shape index (κ2) is 6.34. The monoisotopic (exact) mass is 315 g/mol. The number of carbonyl (C=O) groups excluding carboxylic acids is 1. The van der Waals surface area contributed by atoms with Crippen molar-refractivity contribution in [1.82, 2.24) is 5.32 Å². The van der Waals surface area contributed by atoms with E-state index in [9.17, 15) is 9.90 Å². The van der Waals surface area contributed by atoms with Gasteiger partial charge in [0.15, 0.2) is 0 Å². The molecule has 1 aromatic carbocycles. The van der Waals surface area contributed by atoms with Crippen LogP contribution in [-0.2, 0) is 10.4 Å². The zero-order chi connectivity index (χ0) is 15.4. The highest BCUT2D eigenvalue weighted by atomic mass is 32.1. The molecule has 0 radical (unpaired) electrons. The van der Waals surface area contributed by atoms with Gasteiger partial charge >= 0.3 is 0 Å². The van der Waals surface area contributed by atoms with E-state index in [2.05, 4.69) is 5.32 Å². The van der Waals surface area contributed by atoms with Crippen molar-refractivity contribution in [1.29, 1.82) is 0 Å². The Morgan fingerprint density at radius 2 is 2.23 bits per heavy atom. The summed E-state index contributed by atoms with van der Waals surface area (Å²) >= 11 is 1.57. The van der Waals surface area contributed by atoms with Crippen LogP contribution in [0.4, 0.5) is 0 Å². The summed E-state index contributed by atoms with van der Waals surface area (Å²) in [5.41, 5.74) is -0.356. The van der Waals surface area contributed by atoms with Gasteiger partial charge < -0.3 is 15.2 Å². The van der Waals surface area contributed by atoms with Gasteiger partial charge in [-0.15, -0.1) is 11.3 Å². The summed E-state index contributed by atoms with van der Waals surface area (Å²) in [5, 5.41) is 15.5. The Bertz CT molecular complexity index is 681. The SMILES string of the molecule is O=C(/C=C/c1cccs1)NC[C@]1(O)CCOc2ccccc21. The maximum Gasteiger partial charge on any atom is 0.244 e. The van der Waals surface area contributed by atoms with Crippen LogP contribution < -0.4 is 10.1 Å². The Labute approximate surface area is 133 Å². The molecule has 1 amide bonds. The van der Waals surface area contributed by atoms with Gasteiger partial charge in [-0.05, 0) is 23.6 Å². The number of rotatable bonds is 4. The van der Waals surface area contributed by atoms with Gasteiger partial charge in [0.2, 0.25) is 5.91 Å². The number of aliphatic hydroxyl groups is 1. The van der Waals surface area contributed by atoms with E-state index in [1.807, 2.05) is 41.8 Å². The number of amides is 1. The normalized spacial score (nSPS) is 20.4. The minimum Gasteiger partial charge on any atom is -0.493 e. The lowest BCUT2D eigenvalue weighted by Crippen LogP contribution is -2.43.